The van der Waals surface area contributed by atoms with Gasteiger partial charge in [0.2, 0.25) is 21.8 Å². The van der Waals surface area contributed by atoms with Gasteiger partial charge in [-0.2, -0.15) is 0 Å². The van der Waals surface area contributed by atoms with E-state index in [0.29, 0.717) is 22.8 Å². The zero-order valence-corrected chi connectivity index (χ0v) is 19.0. The first-order valence-electron chi connectivity index (χ1n) is 9.67. The van der Waals surface area contributed by atoms with E-state index in [1.54, 1.807) is 39.0 Å². The highest BCUT2D eigenvalue weighted by molar-refractivity contribution is 7.89. The molecule has 9 nitrogen and oxygen atoms in total. The minimum absolute atomic E-state index is 0.122. The summed E-state index contributed by atoms with van der Waals surface area (Å²) in [6.45, 7) is 6.57. The van der Waals surface area contributed by atoms with Crippen LogP contribution >= 0.6 is 0 Å². The third-order valence-corrected chi connectivity index (χ3v) is 5.79. The highest BCUT2D eigenvalue weighted by Crippen LogP contribution is 2.28. The van der Waals surface area contributed by atoms with E-state index in [1.165, 1.54) is 38.3 Å². The fourth-order valence-electron chi connectivity index (χ4n) is 2.74. The van der Waals surface area contributed by atoms with Gasteiger partial charge in [-0.1, -0.05) is 0 Å². The summed E-state index contributed by atoms with van der Waals surface area (Å²) in [6.07, 6.45) is 0. The van der Waals surface area contributed by atoms with Gasteiger partial charge in [0.25, 0.3) is 0 Å². The molecule has 10 heteroatoms. The first kappa shape index (κ1) is 24.2. The lowest BCUT2D eigenvalue weighted by molar-refractivity contribution is -0.116. The Hall–Kier alpha value is -3.11. The second-order valence-electron chi connectivity index (χ2n) is 7.25. The van der Waals surface area contributed by atoms with E-state index < -0.39 is 16.1 Å². The van der Waals surface area contributed by atoms with Crippen molar-refractivity contribution in [3.8, 4) is 5.75 Å². The van der Waals surface area contributed by atoms with Crippen LogP contribution in [0.3, 0.4) is 0 Å². The number of carbonyl (C=O) groups is 2. The van der Waals surface area contributed by atoms with Gasteiger partial charge in [0.05, 0.1) is 17.7 Å². The van der Waals surface area contributed by atoms with Crippen LogP contribution in [0.15, 0.2) is 47.4 Å². The second-order valence-corrected chi connectivity index (χ2v) is 8.97. The van der Waals surface area contributed by atoms with Crippen molar-refractivity contribution >= 4 is 38.9 Å². The fourth-order valence-corrected chi connectivity index (χ4v) is 3.99. The van der Waals surface area contributed by atoms with E-state index in [2.05, 4.69) is 20.7 Å². The van der Waals surface area contributed by atoms with Crippen LogP contribution in [-0.2, 0) is 19.6 Å². The van der Waals surface area contributed by atoms with E-state index in [0.717, 1.165) is 0 Å². The normalized spacial score (nSPS) is 12.2. The zero-order chi connectivity index (χ0) is 23.2. The number of amides is 2. The van der Waals surface area contributed by atoms with Crippen molar-refractivity contribution in [2.24, 2.45) is 0 Å². The number of ether oxygens (including phenoxy) is 1. The zero-order valence-electron chi connectivity index (χ0n) is 18.1. The van der Waals surface area contributed by atoms with E-state index in [-0.39, 0.29) is 22.8 Å². The summed E-state index contributed by atoms with van der Waals surface area (Å²) in [5.41, 5.74) is 1.63. The van der Waals surface area contributed by atoms with Crippen molar-refractivity contribution in [1.82, 2.24) is 4.72 Å². The lowest BCUT2D eigenvalue weighted by atomic mass is 10.2. The molecule has 2 rings (SSSR count). The number of methoxy groups -OCH3 is 1. The van der Waals surface area contributed by atoms with Gasteiger partial charge < -0.3 is 20.7 Å². The predicted molar refractivity (Wildman–Crippen MR) is 121 cm³/mol. The number of sulfonamides is 1. The molecule has 31 heavy (non-hydrogen) atoms. The Balaban J connectivity index is 2.03. The van der Waals surface area contributed by atoms with Crippen LogP contribution in [-0.4, -0.2) is 39.4 Å². The Bertz CT molecular complexity index is 1040. The average molecular weight is 449 g/mol. The maximum Gasteiger partial charge on any atom is 0.246 e. The maximum atomic E-state index is 12.5. The number of hydrogen-bond acceptors (Lipinski definition) is 6. The van der Waals surface area contributed by atoms with Gasteiger partial charge in [0.15, 0.2) is 0 Å². The Morgan fingerprint density at radius 3 is 2.10 bits per heavy atom. The largest absolute Gasteiger partial charge is 0.494 e. The summed E-state index contributed by atoms with van der Waals surface area (Å²) in [7, 11) is -2.11. The number of rotatable bonds is 9. The maximum absolute atomic E-state index is 12.5. The molecule has 0 saturated carbocycles. The van der Waals surface area contributed by atoms with Crippen molar-refractivity contribution in [3.05, 3.63) is 42.5 Å². The fraction of sp³-hybridized carbons (Fsp3) is 0.333. The predicted octanol–water partition coefficient (Wildman–Crippen LogP) is 2.78. The number of carbonyl (C=O) groups excluding carboxylic acids is 2. The van der Waals surface area contributed by atoms with E-state index in [9.17, 15) is 18.0 Å². The summed E-state index contributed by atoms with van der Waals surface area (Å²) in [4.78, 5) is 23.9. The highest BCUT2D eigenvalue weighted by atomic mass is 32.2. The molecule has 0 aliphatic rings. The van der Waals surface area contributed by atoms with Gasteiger partial charge in [-0.3, -0.25) is 9.59 Å². The molecule has 0 aromatic heterocycles. The van der Waals surface area contributed by atoms with Crippen LogP contribution in [0.5, 0.6) is 5.75 Å². The number of nitrogens with one attached hydrogen (secondary N) is 4. The average Bonchev–Trinajstić information content (AvgIpc) is 2.68. The van der Waals surface area contributed by atoms with Crippen LogP contribution in [0, 0.1) is 0 Å². The molecular formula is C21H28N4O5S. The van der Waals surface area contributed by atoms with Crippen molar-refractivity contribution < 1.29 is 22.7 Å². The molecule has 0 bridgehead atoms. The molecule has 1 atom stereocenters. The van der Waals surface area contributed by atoms with Crippen LogP contribution < -0.4 is 25.4 Å². The summed E-state index contributed by atoms with van der Waals surface area (Å²) in [5.74, 6) is -0.0639. The lowest BCUT2D eigenvalue weighted by Gasteiger charge is -2.17. The van der Waals surface area contributed by atoms with Crippen molar-refractivity contribution in [3.63, 3.8) is 0 Å². The van der Waals surface area contributed by atoms with Crippen molar-refractivity contribution in [2.75, 3.05) is 23.1 Å². The van der Waals surface area contributed by atoms with E-state index in [1.807, 2.05) is 0 Å². The number of hydrogen-bond donors (Lipinski definition) is 4. The lowest BCUT2D eigenvalue weighted by Crippen LogP contribution is -2.32. The topological polar surface area (TPSA) is 126 Å². The molecule has 2 aromatic rings. The van der Waals surface area contributed by atoms with Crippen LogP contribution in [0.4, 0.5) is 17.1 Å². The molecule has 0 spiro atoms. The first-order valence-corrected chi connectivity index (χ1v) is 11.2. The third-order valence-electron chi connectivity index (χ3n) is 4.11. The smallest absolute Gasteiger partial charge is 0.246 e. The summed E-state index contributed by atoms with van der Waals surface area (Å²) >= 11 is 0. The van der Waals surface area contributed by atoms with Crippen LogP contribution in [0.2, 0.25) is 0 Å². The molecule has 0 heterocycles. The minimum Gasteiger partial charge on any atom is -0.494 e. The Kier molecular flexibility index (Phi) is 8.01. The monoisotopic (exact) mass is 448 g/mol. The van der Waals surface area contributed by atoms with Gasteiger partial charge in [-0.25, -0.2) is 13.1 Å². The van der Waals surface area contributed by atoms with Gasteiger partial charge in [-0.05, 0) is 57.2 Å². The van der Waals surface area contributed by atoms with Gasteiger partial charge in [-0.15, -0.1) is 0 Å². The SMILES string of the molecule is COc1cc(NC(C)C(=O)Nc2ccc(S(=O)(=O)NC(C)C)cc2)ccc1NC(C)=O. The Morgan fingerprint density at radius 2 is 1.55 bits per heavy atom. The van der Waals surface area contributed by atoms with Crippen molar-refractivity contribution in [1.29, 1.82) is 0 Å². The Morgan fingerprint density at radius 1 is 0.935 bits per heavy atom. The molecular weight excluding hydrogens is 420 g/mol. The molecule has 1 unspecified atom stereocenters. The van der Waals surface area contributed by atoms with Crippen molar-refractivity contribution in [2.45, 2.75) is 44.7 Å². The summed E-state index contributed by atoms with van der Waals surface area (Å²) in [6, 6.07) is 10.2. The molecule has 4 N–H and O–H groups in total. The summed E-state index contributed by atoms with van der Waals surface area (Å²) in [5, 5.41) is 8.47. The standard InChI is InChI=1S/C21H28N4O5S/c1-13(2)25-31(28,29)18-9-6-16(7-10-18)24-21(27)14(3)22-17-8-11-19(23-15(4)26)20(12-17)30-5/h6-14,22,25H,1-5H3,(H,23,26)(H,24,27). The minimum atomic E-state index is -3.59. The van der Waals surface area contributed by atoms with Gasteiger partial charge in [0.1, 0.15) is 11.8 Å². The van der Waals surface area contributed by atoms with E-state index in [4.69, 9.17) is 4.74 Å². The third kappa shape index (κ3) is 6.97. The molecule has 0 aliphatic heterocycles. The highest BCUT2D eigenvalue weighted by Gasteiger charge is 2.17. The van der Waals surface area contributed by atoms with E-state index >= 15 is 0 Å². The molecule has 0 aliphatic carbocycles. The van der Waals surface area contributed by atoms with Crippen LogP contribution in [0.1, 0.15) is 27.7 Å². The molecule has 2 aromatic carbocycles. The molecule has 2 amide bonds. The molecule has 168 valence electrons. The Labute approximate surface area is 182 Å². The first-order chi connectivity index (χ1) is 14.5. The second kappa shape index (κ2) is 10.3. The number of anilines is 3. The summed E-state index contributed by atoms with van der Waals surface area (Å²) < 4.78 is 32.1. The molecule has 0 radical (unpaired) electrons. The van der Waals surface area contributed by atoms with Gasteiger partial charge in [0, 0.05) is 30.4 Å². The van der Waals surface area contributed by atoms with Crippen LogP contribution in [0.25, 0.3) is 0 Å². The quantitative estimate of drug-likeness (QED) is 0.467. The number of benzene rings is 2. The molecule has 0 saturated heterocycles. The van der Waals surface area contributed by atoms with Gasteiger partial charge >= 0.3 is 0 Å². The molecule has 0 fully saturated rings.